The highest BCUT2D eigenvalue weighted by atomic mass is 35.5. The first-order valence-corrected chi connectivity index (χ1v) is 7.75. The largest absolute Gasteiger partial charge is 0.497 e. The van der Waals surface area contributed by atoms with Crippen molar-refractivity contribution < 1.29 is 9.47 Å². The lowest BCUT2D eigenvalue weighted by molar-refractivity contribution is 0.414. The molecule has 2 rings (SSSR count). The Morgan fingerprint density at radius 1 is 0.826 bits per heavy atom. The van der Waals surface area contributed by atoms with E-state index in [2.05, 4.69) is 4.90 Å². The molecule has 3 nitrogen and oxygen atoms in total. The number of methoxy groups -OCH3 is 2. The molecule has 0 aromatic heterocycles. The molecule has 0 spiro atoms. The third kappa shape index (κ3) is 4.50. The van der Waals surface area contributed by atoms with Crippen LogP contribution in [0.25, 0.3) is 10.6 Å². The van der Waals surface area contributed by atoms with E-state index in [9.17, 15) is 0 Å². The van der Waals surface area contributed by atoms with E-state index in [0.717, 1.165) is 39.8 Å². The van der Waals surface area contributed by atoms with E-state index < -0.39 is 0 Å². The van der Waals surface area contributed by atoms with Gasteiger partial charge in [0.1, 0.15) is 11.5 Å². The van der Waals surface area contributed by atoms with E-state index in [1.807, 2.05) is 62.6 Å². The van der Waals surface area contributed by atoms with E-state index in [0.29, 0.717) is 0 Å². The Morgan fingerprint density at radius 3 is 1.65 bits per heavy atom. The number of likely N-dealkylation sites (N-methyl/N-ethyl adjacent to an activating group) is 1. The Kier molecular flexibility index (Phi) is 6.08. The summed E-state index contributed by atoms with van der Waals surface area (Å²) in [7, 11) is 7.38. The fraction of sp³-hybridized carbons (Fsp3) is 0.263. The topological polar surface area (TPSA) is 21.7 Å². The van der Waals surface area contributed by atoms with Crippen LogP contribution in [0.15, 0.2) is 48.5 Å². The Balaban J connectivity index is 2.45. The normalized spacial score (nSPS) is 12.1. The molecule has 2 aromatic rings. The predicted molar refractivity (Wildman–Crippen MR) is 97.2 cm³/mol. The van der Waals surface area contributed by atoms with Gasteiger partial charge in [-0.2, -0.15) is 0 Å². The van der Waals surface area contributed by atoms with Gasteiger partial charge >= 0.3 is 0 Å². The molecule has 2 aromatic carbocycles. The molecule has 0 aliphatic rings. The van der Waals surface area contributed by atoms with Crippen LogP contribution in [-0.2, 0) is 0 Å². The Labute approximate surface area is 143 Å². The number of hydrogen-bond donors (Lipinski definition) is 0. The lowest BCUT2D eigenvalue weighted by Crippen LogP contribution is -2.15. The van der Waals surface area contributed by atoms with Crippen LogP contribution in [0.1, 0.15) is 11.1 Å². The molecule has 0 saturated heterocycles. The SMILES string of the molecule is COc1ccc(/C(Cl)=C(\CN(C)C)c2ccc(OC)cc2)cc1. The molecule has 0 fully saturated rings. The Morgan fingerprint density at radius 2 is 1.26 bits per heavy atom. The number of benzene rings is 2. The predicted octanol–water partition coefficient (Wildman–Crippen LogP) is 4.37. The van der Waals surface area contributed by atoms with Gasteiger partial charge in [0.25, 0.3) is 0 Å². The molecule has 122 valence electrons. The molecule has 0 N–H and O–H groups in total. The van der Waals surface area contributed by atoms with Gasteiger partial charge in [-0.05, 0) is 67.2 Å². The van der Waals surface area contributed by atoms with Gasteiger partial charge < -0.3 is 14.4 Å². The van der Waals surface area contributed by atoms with Gasteiger partial charge in [-0.25, -0.2) is 0 Å². The smallest absolute Gasteiger partial charge is 0.118 e. The van der Waals surface area contributed by atoms with E-state index >= 15 is 0 Å². The summed E-state index contributed by atoms with van der Waals surface area (Å²) in [5.41, 5.74) is 3.13. The fourth-order valence-corrected chi connectivity index (χ4v) is 2.60. The summed E-state index contributed by atoms with van der Waals surface area (Å²) in [5.74, 6) is 1.65. The average Bonchev–Trinajstić information content (AvgIpc) is 2.59. The molecule has 0 aliphatic carbocycles. The Bertz CT molecular complexity index is 661. The Hall–Kier alpha value is -1.97. The molecule has 4 heteroatoms. The van der Waals surface area contributed by atoms with Crippen molar-refractivity contribution in [2.75, 3.05) is 34.9 Å². The highest BCUT2D eigenvalue weighted by Crippen LogP contribution is 2.31. The molecular weight excluding hydrogens is 310 g/mol. The summed E-state index contributed by atoms with van der Waals surface area (Å²) in [6, 6.07) is 15.7. The highest BCUT2D eigenvalue weighted by Gasteiger charge is 2.11. The second kappa shape index (κ2) is 8.04. The van der Waals surface area contributed by atoms with Crippen LogP contribution >= 0.6 is 11.6 Å². The van der Waals surface area contributed by atoms with Crippen LogP contribution in [0.2, 0.25) is 0 Å². The lowest BCUT2D eigenvalue weighted by Gasteiger charge is -2.17. The monoisotopic (exact) mass is 331 g/mol. The molecule has 23 heavy (non-hydrogen) atoms. The van der Waals surface area contributed by atoms with Crippen molar-refractivity contribution in [2.45, 2.75) is 0 Å². The molecule has 0 amide bonds. The van der Waals surface area contributed by atoms with Crippen LogP contribution in [0.4, 0.5) is 0 Å². The van der Waals surface area contributed by atoms with Crippen LogP contribution in [0.3, 0.4) is 0 Å². The molecular formula is C19H22ClNO2. The minimum absolute atomic E-state index is 0.742. The van der Waals surface area contributed by atoms with Crippen LogP contribution in [-0.4, -0.2) is 39.8 Å². The highest BCUT2D eigenvalue weighted by molar-refractivity contribution is 6.52. The molecule has 0 bridgehead atoms. The van der Waals surface area contributed by atoms with Gasteiger partial charge in [0.2, 0.25) is 0 Å². The average molecular weight is 332 g/mol. The number of nitrogens with zero attached hydrogens (tertiary/aromatic N) is 1. The number of ether oxygens (including phenoxy) is 2. The lowest BCUT2D eigenvalue weighted by atomic mass is 10.0. The quantitative estimate of drug-likeness (QED) is 0.733. The van der Waals surface area contributed by atoms with Gasteiger partial charge in [-0.1, -0.05) is 23.7 Å². The first-order valence-electron chi connectivity index (χ1n) is 7.37. The number of halogens is 1. The van der Waals surface area contributed by atoms with E-state index in [1.165, 1.54) is 0 Å². The van der Waals surface area contributed by atoms with Crippen molar-refractivity contribution >= 4 is 22.2 Å². The van der Waals surface area contributed by atoms with Gasteiger partial charge in [0, 0.05) is 6.54 Å². The van der Waals surface area contributed by atoms with Crippen LogP contribution < -0.4 is 9.47 Å². The van der Waals surface area contributed by atoms with Gasteiger partial charge in [-0.15, -0.1) is 0 Å². The van der Waals surface area contributed by atoms with Crippen molar-refractivity contribution in [1.29, 1.82) is 0 Å². The molecule has 0 heterocycles. The summed E-state index contributed by atoms with van der Waals surface area (Å²) >= 11 is 6.70. The zero-order valence-corrected chi connectivity index (χ0v) is 14.7. The van der Waals surface area contributed by atoms with Crippen LogP contribution in [0, 0.1) is 0 Å². The summed E-state index contributed by atoms with van der Waals surface area (Å²) in [6.07, 6.45) is 0. The molecule has 0 atom stereocenters. The van der Waals surface area contributed by atoms with Crippen LogP contribution in [0.5, 0.6) is 11.5 Å². The maximum Gasteiger partial charge on any atom is 0.118 e. The van der Waals surface area contributed by atoms with Gasteiger partial charge in [0.05, 0.1) is 19.3 Å². The molecule has 0 radical (unpaired) electrons. The minimum Gasteiger partial charge on any atom is -0.497 e. The second-order valence-electron chi connectivity index (χ2n) is 5.49. The number of rotatable bonds is 6. The van der Waals surface area contributed by atoms with Crippen molar-refractivity contribution in [3.05, 3.63) is 59.7 Å². The van der Waals surface area contributed by atoms with Crippen molar-refractivity contribution in [3.63, 3.8) is 0 Å². The summed E-state index contributed by atoms with van der Waals surface area (Å²) in [5, 5.41) is 0.742. The maximum absolute atomic E-state index is 6.70. The first kappa shape index (κ1) is 17.4. The number of hydrogen-bond acceptors (Lipinski definition) is 3. The van der Waals surface area contributed by atoms with E-state index in [1.54, 1.807) is 14.2 Å². The summed E-state index contributed by atoms with van der Waals surface area (Å²) < 4.78 is 10.4. The van der Waals surface area contributed by atoms with Crippen molar-refractivity contribution in [2.24, 2.45) is 0 Å². The van der Waals surface area contributed by atoms with E-state index in [4.69, 9.17) is 21.1 Å². The van der Waals surface area contributed by atoms with Gasteiger partial charge in [-0.3, -0.25) is 0 Å². The van der Waals surface area contributed by atoms with Crippen molar-refractivity contribution in [1.82, 2.24) is 4.90 Å². The maximum atomic E-state index is 6.70. The minimum atomic E-state index is 0.742. The third-order valence-corrected chi connectivity index (χ3v) is 3.97. The molecule has 0 aliphatic heterocycles. The summed E-state index contributed by atoms with van der Waals surface area (Å²) in [4.78, 5) is 2.10. The van der Waals surface area contributed by atoms with Gasteiger partial charge in [0.15, 0.2) is 0 Å². The van der Waals surface area contributed by atoms with Crippen molar-refractivity contribution in [3.8, 4) is 11.5 Å². The zero-order chi connectivity index (χ0) is 16.8. The molecule has 0 saturated carbocycles. The summed E-state index contributed by atoms with van der Waals surface area (Å²) in [6.45, 7) is 0.747. The fourth-order valence-electron chi connectivity index (χ4n) is 2.31. The van der Waals surface area contributed by atoms with E-state index in [-0.39, 0.29) is 0 Å². The molecule has 0 unspecified atom stereocenters. The first-order chi connectivity index (χ1) is 11.0. The third-order valence-electron chi connectivity index (χ3n) is 3.52. The zero-order valence-electron chi connectivity index (χ0n) is 14.0. The standard InChI is InChI=1S/C19H22ClNO2/c1-21(2)13-18(14-5-9-16(22-3)10-6-14)19(20)15-7-11-17(23-4)12-8-15/h5-12H,13H2,1-4H3/b19-18-. The second-order valence-corrected chi connectivity index (χ2v) is 5.87.